The molecule has 118 valence electrons. The van der Waals surface area contributed by atoms with Gasteiger partial charge in [-0.15, -0.1) is 0 Å². The summed E-state index contributed by atoms with van der Waals surface area (Å²) in [4.78, 5) is 27.6. The van der Waals surface area contributed by atoms with Crippen LogP contribution in [0.3, 0.4) is 0 Å². The molecule has 0 radical (unpaired) electrons. The van der Waals surface area contributed by atoms with Crippen LogP contribution in [0.15, 0.2) is 36.2 Å². The number of nitrogens with zero attached hydrogens (tertiary/aromatic N) is 1. The smallest absolute Gasteiger partial charge is 0.339 e. The van der Waals surface area contributed by atoms with Gasteiger partial charge in [0.15, 0.2) is 6.10 Å². The second kappa shape index (κ2) is 8.32. The van der Waals surface area contributed by atoms with Gasteiger partial charge in [-0.3, -0.25) is 9.78 Å². The predicted molar refractivity (Wildman–Crippen MR) is 83.3 cm³/mol. The third-order valence-electron chi connectivity index (χ3n) is 3.70. The van der Waals surface area contributed by atoms with E-state index in [1.807, 2.05) is 0 Å². The molecule has 22 heavy (non-hydrogen) atoms. The molecular formula is C17H22N2O3. The van der Waals surface area contributed by atoms with Gasteiger partial charge in [-0.2, -0.15) is 0 Å². The topological polar surface area (TPSA) is 68.3 Å². The summed E-state index contributed by atoms with van der Waals surface area (Å²) in [5.74, 6) is -0.779. The number of hydrogen-bond donors (Lipinski definition) is 1. The second-order valence-corrected chi connectivity index (χ2v) is 5.43. The number of allylic oxidation sites excluding steroid dienone is 1. The zero-order valence-electron chi connectivity index (χ0n) is 12.9. The fourth-order valence-corrected chi connectivity index (χ4v) is 2.39. The average molecular weight is 302 g/mol. The lowest BCUT2D eigenvalue weighted by Crippen LogP contribution is -2.36. The van der Waals surface area contributed by atoms with Crippen molar-refractivity contribution in [2.24, 2.45) is 0 Å². The van der Waals surface area contributed by atoms with E-state index in [0.29, 0.717) is 12.1 Å². The third kappa shape index (κ3) is 4.98. The Morgan fingerprint density at radius 1 is 1.32 bits per heavy atom. The van der Waals surface area contributed by atoms with Gasteiger partial charge in [-0.05, 0) is 51.2 Å². The Balaban J connectivity index is 1.72. The molecule has 1 amide bonds. The SMILES string of the molecule is CC(OC(=O)c1ccncc1)C(=O)NCCC1=CCCCC1. The molecule has 1 aliphatic carbocycles. The monoisotopic (exact) mass is 302 g/mol. The Labute approximate surface area is 130 Å². The summed E-state index contributed by atoms with van der Waals surface area (Å²) >= 11 is 0. The predicted octanol–water partition coefficient (Wildman–Crippen LogP) is 2.63. The molecule has 1 aromatic heterocycles. The molecule has 0 aromatic carbocycles. The molecule has 0 aliphatic heterocycles. The first-order chi connectivity index (χ1) is 10.7. The Morgan fingerprint density at radius 2 is 2.09 bits per heavy atom. The summed E-state index contributed by atoms with van der Waals surface area (Å²) in [5.41, 5.74) is 1.80. The highest BCUT2D eigenvalue weighted by Gasteiger charge is 2.18. The van der Waals surface area contributed by atoms with Crippen molar-refractivity contribution in [2.45, 2.75) is 45.1 Å². The lowest BCUT2D eigenvalue weighted by Gasteiger charge is -2.15. The van der Waals surface area contributed by atoms with Gasteiger partial charge in [0, 0.05) is 18.9 Å². The normalized spacial score (nSPS) is 15.6. The number of rotatable bonds is 6. The Hall–Kier alpha value is -2.17. The largest absolute Gasteiger partial charge is 0.449 e. The van der Waals surface area contributed by atoms with E-state index in [1.54, 1.807) is 19.1 Å². The minimum atomic E-state index is -0.805. The van der Waals surface area contributed by atoms with Gasteiger partial charge < -0.3 is 10.1 Å². The molecule has 0 fully saturated rings. The molecule has 1 atom stereocenters. The molecule has 1 aromatic rings. The maximum atomic E-state index is 11.9. The number of pyridine rings is 1. The van der Waals surface area contributed by atoms with Gasteiger partial charge in [0.05, 0.1) is 5.56 Å². The summed E-state index contributed by atoms with van der Waals surface area (Å²) in [5, 5.41) is 2.82. The molecule has 2 rings (SSSR count). The summed E-state index contributed by atoms with van der Waals surface area (Å²) < 4.78 is 5.15. The van der Waals surface area contributed by atoms with Crippen molar-refractivity contribution >= 4 is 11.9 Å². The highest BCUT2D eigenvalue weighted by Crippen LogP contribution is 2.19. The van der Waals surface area contributed by atoms with Crippen molar-refractivity contribution in [1.29, 1.82) is 0 Å². The zero-order valence-corrected chi connectivity index (χ0v) is 12.9. The van der Waals surface area contributed by atoms with E-state index in [1.165, 1.54) is 30.8 Å². The Bertz CT molecular complexity index is 540. The quantitative estimate of drug-likeness (QED) is 0.648. The molecule has 5 nitrogen and oxygen atoms in total. The van der Waals surface area contributed by atoms with E-state index in [0.717, 1.165) is 19.3 Å². The van der Waals surface area contributed by atoms with E-state index in [4.69, 9.17) is 4.74 Å². The molecule has 5 heteroatoms. The van der Waals surface area contributed by atoms with Gasteiger partial charge in [-0.25, -0.2) is 4.79 Å². The van der Waals surface area contributed by atoms with Crippen LogP contribution in [-0.4, -0.2) is 29.5 Å². The van der Waals surface area contributed by atoms with Crippen molar-refractivity contribution in [2.75, 3.05) is 6.54 Å². The number of esters is 1. The summed E-state index contributed by atoms with van der Waals surface area (Å²) in [6.45, 7) is 2.16. The van der Waals surface area contributed by atoms with Crippen LogP contribution in [-0.2, 0) is 9.53 Å². The highest BCUT2D eigenvalue weighted by atomic mass is 16.5. The lowest BCUT2D eigenvalue weighted by molar-refractivity contribution is -0.129. The fraction of sp³-hybridized carbons (Fsp3) is 0.471. The summed E-state index contributed by atoms with van der Waals surface area (Å²) in [7, 11) is 0. The second-order valence-electron chi connectivity index (χ2n) is 5.43. The first-order valence-corrected chi connectivity index (χ1v) is 7.73. The first-order valence-electron chi connectivity index (χ1n) is 7.73. The summed E-state index contributed by atoms with van der Waals surface area (Å²) in [6, 6.07) is 3.12. The van der Waals surface area contributed by atoms with Crippen LogP contribution in [0.1, 0.15) is 49.4 Å². The van der Waals surface area contributed by atoms with E-state index in [9.17, 15) is 9.59 Å². The van der Waals surface area contributed by atoms with Crippen LogP contribution >= 0.6 is 0 Å². The van der Waals surface area contributed by atoms with Gasteiger partial charge in [0.25, 0.3) is 5.91 Å². The van der Waals surface area contributed by atoms with E-state index >= 15 is 0 Å². The van der Waals surface area contributed by atoms with Crippen molar-refractivity contribution in [3.8, 4) is 0 Å². The van der Waals surface area contributed by atoms with Gasteiger partial charge in [0.2, 0.25) is 0 Å². The molecular weight excluding hydrogens is 280 g/mol. The number of hydrogen-bond acceptors (Lipinski definition) is 4. The fourth-order valence-electron chi connectivity index (χ4n) is 2.39. The van der Waals surface area contributed by atoms with Crippen LogP contribution in [0.5, 0.6) is 0 Å². The minimum Gasteiger partial charge on any atom is -0.449 e. The number of amides is 1. The van der Waals surface area contributed by atoms with Gasteiger partial charge in [0.1, 0.15) is 0 Å². The Morgan fingerprint density at radius 3 is 2.77 bits per heavy atom. The molecule has 0 saturated heterocycles. The first kappa shape index (κ1) is 16.2. The molecule has 0 spiro atoms. The van der Waals surface area contributed by atoms with E-state index in [-0.39, 0.29) is 5.91 Å². The van der Waals surface area contributed by atoms with Gasteiger partial charge in [-0.1, -0.05) is 11.6 Å². The number of carbonyl (C=O) groups excluding carboxylic acids is 2. The van der Waals surface area contributed by atoms with Crippen LogP contribution in [0.25, 0.3) is 0 Å². The van der Waals surface area contributed by atoms with Gasteiger partial charge >= 0.3 is 5.97 Å². The van der Waals surface area contributed by atoms with Crippen molar-refractivity contribution in [3.63, 3.8) is 0 Å². The third-order valence-corrected chi connectivity index (χ3v) is 3.70. The number of nitrogens with one attached hydrogen (secondary N) is 1. The molecule has 1 N–H and O–H groups in total. The van der Waals surface area contributed by atoms with Crippen molar-refractivity contribution in [1.82, 2.24) is 10.3 Å². The highest BCUT2D eigenvalue weighted by molar-refractivity contribution is 5.92. The average Bonchev–Trinajstić information content (AvgIpc) is 2.56. The molecule has 0 saturated carbocycles. The molecule has 1 heterocycles. The van der Waals surface area contributed by atoms with Crippen LogP contribution in [0.2, 0.25) is 0 Å². The van der Waals surface area contributed by atoms with E-state index < -0.39 is 12.1 Å². The van der Waals surface area contributed by atoms with Crippen LogP contribution in [0, 0.1) is 0 Å². The Kier molecular flexibility index (Phi) is 6.13. The standard InChI is InChI=1S/C17H22N2O3/c1-13(22-17(21)15-8-10-18-11-9-15)16(20)19-12-7-14-5-3-2-4-6-14/h5,8-11,13H,2-4,6-7,12H2,1H3,(H,19,20). The minimum absolute atomic E-state index is 0.265. The molecule has 1 aliphatic rings. The van der Waals surface area contributed by atoms with Crippen molar-refractivity contribution < 1.29 is 14.3 Å². The summed E-state index contributed by atoms with van der Waals surface area (Å²) in [6.07, 6.45) is 10.1. The number of carbonyl (C=O) groups is 2. The van der Waals surface area contributed by atoms with E-state index in [2.05, 4.69) is 16.4 Å². The van der Waals surface area contributed by atoms with Crippen LogP contribution in [0.4, 0.5) is 0 Å². The molecule has 1 unspecified atom stereocenters. The lowest BCUT2D eigenvalue weighted by atomic mass is 9.97. The maximum Gasteiger partial charge on any atom is 0.339 e. The maximum absolute atomic E-state index is 11.9. The number of ether oxygens (including phenoxy) is 1. The molecule has 0 bridgehead atoms. The number of aromatic nitrogens is 1. The zero-order chi connectivity index (χ0) is 15.8. The van der Waals surface area contributed by atoms with Crippen LogP contribution < -0.4 is 5.32 Å². The van der Waals surface area contributed by atoms with Crippen molar-refractivity contribution in [3.05, 3.63) is 41.7 Å².